The van der Waals surface area contributed by atoms with Gasteiger partial charge in [-0.15, -0.1) is 11.8 Å². The molecule has 1 heterocycles. The molecule has 1 aliphatic rings. The second kappa shape index (κ2) is 8.55. The highest BCUT2D eigenvalue weighted by Gasteiger charge is 2.34. The van der Waals surface area contributed by atoms with E-state index in [0.717, 1.165) is 12.0 Å². The fourth-order valence-electron chi connectivity index (χ4n) is 2.54. The van der Waals surface area contributed by atoms with Crippen molar-refractivity contribution in [3.63, 3.8) is 0 Å². The van der Waals surface area contributed by atoms with Crippen LogP contribution in [0.3, 0.4) is 0 Å². The zero-order valence-electron chi connectivity index (χ0n) is 13.9. The highest BCUT2D eigenvalue weighted by Crippen LogP contribution is 2.23. The maximum absolute atomic E-state index is 12.5. The summed E-state index contributed by atoms with van der Waals surface area (Å²) in [5.74, 6) is 0.916. The summed E-state index contributed by atoms with van der Waals surface area (Å²) < 4.78 is 0. The number of rotatable bonds is 5. The number of carbonyl (C=O) groups is 2. The summed E-state index contributed by atoms with van der Waals surface area (Å²) >= 11 is 1.58. The lowest BCUT2D eigenvalue weighted by Gasteiger charge is -2.23. The van der Waals surface area contributed by atoms with Gasteiger partial charge in [-0.2, -0.15) is 5.26 Å². The Bertz CT molecular complexity index is 694. The number of nitrogens with zero attached hydrogens (tertiary/aromatic N) is 2. The van der Waals surface area contributed by atoms with Crippen LogP contribution in [-0.4, -0.2) is 34.4 Å². The summed E-state index contributed by atoms with van der Waals surface area (Å²) in [6.07, 6.45) is 2.68. The Morgan fingerprint density at radius 2 is 2.29 bits per heavy atom. The molecule has 0 bridgehead atoms. The summed E-state index contributed by atoms with van der Waals surface area (Å²) in [6, 6.07) is 8.77. The van der Waals surface area contributed by atoms with Crippen LogP contribution in [0.15, 0.2) is 35.9 Å². The molecule has 1 fully saturated rings. The molecule has 126 valence electrons. The van der Waals surface area contributed by atoms with Gasteiger partial charge in [0, 0.05) is 17.9 Å². The molecule has 1 N–H and O–H groups in total. The molecular weight excluding hydrogens is 322 g/mol. The molecule has 0 aromatic heterocycles. The van der Waals surface area contributed by atoms with Crippen molar-refractivity contribution < 1.29 is 9.59 Å². The third-order valence-electron chi connectivity index (χ3n) is 3.82. The number of allylic oxidation sites excluding steroid dienone is 1. The summed E-state index contributed by atoms with van der Waals surface area (Å²) in [5, 5.41) is 11.8. The van der Waals surface area contributed by atoms with Crippen molar-refractivity contribution in [3.05, 3.63) is 47.0 Å². The zero-order valence-corrected chi connectivity index (χ0v) is 14.7. The van der Waals surface area contributed by atoms with Crippen LogP contribution in [0, 0.1) is 11.3 Å². The van der Waals surface area contributed by atoms with Gasteiger partial charge < -0.3 is 10.2 Å². The fraction of sp³-hybridized carbons (Fsp3) is 0.389. The van der Waals surface area contributed by atoms with Gasteiger partial charge in [0.2, 0.25) is 5.91 Å². The predicted octanol–water partition coefficient (Wildman–Crippen LogP) is 2.43. The van der Waals surface area contributed by atoms with Crippen LogP contribution in [0.2, 0.25) is 0 Å². The lowest BCUT2D eigenvalue weighted by Crippen LogP contribution is -2.47. The average Bonchev–Trinajstić information content (AvgIpc) is 3.09. The van der Waals surface area contributed by atoms with E-state index in [1.807, 2.05) is 19.1 Å². The highest BCUT2D eigenvalue weighted by atomic mass is 32.2. The molecule has 1 aliphatic heterocycles. The van der Waals surface area contributed by atoms with Gasteiger partial charge in [-0.25, -0.2) is 0 Å². The molecule has 5 nitrogen and oxygen atoms in total. The minimum Gasteiger partial charge on any atom is -0.350 e. The molecule has 1 aromatic rings. The number of amides is 2. The van der Waals surface area contributed by atoms with E-state index in [0.29, 0.717) is 29.3 Å². The lowest BCUT2D eigenvalue weighted by atomic mass is 10.1. The second-order valence-corrected chi connectivity index (χ2v) is 6.62. The summed E-state index contributed by atoms with van der Waals surface area (Å²) in [5.41, 5.74) is 2.11. The van der Waals surface area contributed by atoms with Crippen molar-refractivity contribution in [2.45, 2.75) is 32.9 Å². The van der Waals surface area contributed by atoms with Crippen LogP contribution >= 0.6 is 11.8 Å². The smallest absolute Gasteiger partial charge is 0.250 e. The van der Waals surface area contributed by atoms with Crippen LogP contribution in [0.25, 0.3) is 0 Å². The largest absolute Gasteiger partial charge is 0.350 e. The maximum atomic E-state index is 12.5. The van der Waals surface area contributed by atoms with Crippen molar-refractivity contribution in [2.24, 2.45) is 0 Å². The molecule has 0 saturated carbocycles. The van der Waals surface area contributed by atoms with Crippen LogP contribution in [0.4, 0.5) is 0 Å². The molecule has 0 spiro atoms. The number of thioether (sulfide) groups is 1. The van der Waals surface area contributed by atoms with Crippen LogP contribution in [0.5, 0.6) is 0 Å². The van der Waals surface area contributed by atoms with Crippen molar-refractivity contribution >= 4 is 23.6 Å². The monoisotopic (exact) mass is 343 g/mol. The zero-order chi connectivity index (χ0) is 17.5. The van der Waals surface area contributed by atoms with E-state index in [-0.39, 0.29) is 11.8 Å². The van der Waals surface area contributed by atoms with Gasteiger partial charge in [-0.05, 0) is 31.0 Å². The number of hydrogen-bond acceptors (Lipinski definition) is 4. The summed E-state index contributed by atoms with van der Waals surface area (Å²) in [4.78, 5) is 26.5. The van der Waals surface area contributed by atoms with E-state index in [1.165, 1.54) is 0 Å². The second-order valence-electron chi connectivity index (χ2n) is 5.62. The van der Waals surface area contributed by atoms with Gasteiger partial charge in [-0.3, -0.25) is 9.59 Å². The predicted molar refractivity (Wildman–Crippen MR) is 95.0 cm³/mol. The van der Waals surface area contributed by atoms with Crippen molar-refractivity contribution in [3.8, 4) is 6.07 Å². The Morgan fingerprint density at radius 3 is 3.00 bits per heavy atom. The molecule has 6 heteroatoms. The van der Waals surface area contributed by atoms with Gasteiger partial charge in [-0.1, -0.05) is 25.1 Å². The first-order valence-corrected chi connectivity index (χ1v) is 9.04. The van der Waals surface area contributed by atoms with Crippen LogP contribution < -0.4 is 5.32 Å². The molecule has 1 saturated heterocycles. The first-order chi connectivity index (χ1) is 11.6. The Kier molecular flexibility index (Phi) is 6.44. The van der Waals surface area contributed by atoms with Crippen LogP contribution in [0.1, 0.15) is 31.4 Å². The van der Waals surface area contributed by atoms with E-state index < -0.39 is 6.04 Å². The third-order valence-corrected chi connectivity index (χ3v) is 4.83. The summed E-state index contributed by atoms with van der Waals surface area (Å²) in [6.45, 7) is 4.12. The Balaban J connectivity index is 1.99. The molecule has 1 atom stereocenters. The highest BCUT2D eigenvalue weighted by molar-refractivity contribution is 7.99. The number of nitrogens with one attached hydrogen (secondary N) is 1. The van der Waals surface area contributed by atoms with Gasteiger partial charge in [0.25, 0.3) is 5.91 Å². The summed E-state index contributed by atoms with van der Waals surface area (Å²) in [7, 11) is 0. The minimum absolute atomic E-state index is 0.0755. The molecule has 24 heavy (non-hydrogen) atoms. The molecule has 0 radical (unpaired) electrons. The van der Waals surface area contributed by atoms with E-state index in [1.54, 1.807) is 41.8 Å². The molecule has 1 aromatic carbocycles. The molecular formula is C18H21N3O2S. The van der Waals surface area contributed by atoms with Crippen molar-refractivity contribution in [2.75, 3.05) is 11.6 Å². The molecule has 2 rings (SSSR count). The first-order valence-electron chi connectivity index (χ1n) is 7.89. The molecule has 2 amide bonds. The topological polar surface area (TPSA) is 73.2 Å². The van der Waals surface area contributed by atoms with E-state index >= 15 is 0 Å². The van der Waals surface area contributed by atoms with Crippen molar-refractivity contribution in [1.82, 2.24) is 10.2 Å². The maximum Gasteiger partial charge on any atom is 0.250 e. The van der Waals surface area contributed by atoms with Gasteiger partial charge in [0.15, 0.2) is 0 Å². The lowest BCUT2D eigenvalue weighted by molar-refractivity contribution is -0.135. The standard InChI is InChI=1S/C18H21N3O2S/c1-3-5-13(2)18(23)21-12-24-11-16(21)17(22)20-10-15-7-4-6-14(8-15)9-19/h4-8,16H,3,10-12H2,1-2H3,(H,20,22)/b13-5+/t16-/m0/s1. The van der Waals surface area contributed by atoms with E-state index in [2.05, 4.69) is 11.4 Å². The molecule has 0 unspecified atom stereocenters. The van der Waals surface area contributed by atoms with E-state index in [4.69, 9.17) is 5.26 Å². The minimum atomic E-state index is -0.443. The van der Waals surface area contributed by atoms with Gasteiger partial charge >= 0.3 is 0 Å². The SMILES string of the molecule is CC/C=C(\C)C(=O)N1CSC[C@H]1C(=O)NCc1cccc(C#N)c1. The van der Waals surface area contributed by atoms with Gasteiger partial charge in [0.05, 0.1) is 17.5 Å². The first kappa shape index (κ1) is 18.1. The number of carbonyl (C=O) groups excluding carboxylic acids is 2. The number of nitriles is 1. The van der Waals surface area contributed by atoms with E-state index in [9.17, 15) is 9.59 Å². The Morgan fingerprint density at radius 1 is 1.50 bits per heavy atom. The third kappa shape index (κ3) is 4.39. The molecule has 0 aliphatic carbocycles. The quantitative estimate of drug-likeness (QED) is 0.834. The van der Waals surface area contributed by atoms with Crippen LogP contribution in [-0.2, 0) is 16.1 Å². The normalized spacial score (nSPS) is 17.5. The van der Waals surface area contributed by atoms with Crippen molar-refractivity contribution in [1.29, 1.82) is 5.26 Å². The number of benzene rings is 1. The fourth-order valence-corrected chi connectivity index (χ4v) is 3.69. The number of hydrogen-bond donors (Lipinski definition) is 1. The Hall–Kier alpha value is -2.26. The Labute approximate surface area is 146 Å². The van der Waals surface area contributed by atoms with Gasteiger partial charge in [0.1, 0.15) is 6.04 Å². The average molecular weight is 343 g/mol.